The van der Waals surface area contributed by atoms with E-state index < -0.39 is 0 Å². The summed E-state index contributed by atoms with van der Waals surface area (Å²) in [7, 11) is 0. The van der Waals surface area contributed by atoms with Crippen molar-refractivity contribution in [2.45, 2.75) is 45.6 Å². The maximum Gasteiger partial charge on any atom is 0.0389 e. The van der Waals surface area contributed by atoms with Gasteiger partial charge in [-0.15, -0.1) is 23.7 Å². The Morgan fingerprint density at radius 1 is 1.36 bits per heavy atom. The van der Waals surface area contributed by atoms with Gasteiger partial charge in [-0.25, -0.2) is 0 Å². The maximum absolute atomic E-state index is 6.06. The molecule has 0 unspecified atom stereocenters. The second kappa shape index (κ2) is 7.27. The number of unbranched alkanes of at least 4 members (excludes halogenated alkanes) is 1. The lowest BCUT2D eigenvalue weighted by Crippen LogP contribution is -2.07. The molecule has 0 amide bonds. The predicted octanol–water partition coefficient (Wildman–Crippen LogP) is 3.92. The summed E-state index contributed by atoms with van der Waals surface area (Å²) in [6, 6.07) is 4.65. The van der Waals surface area contributed by atoms with Gasteiger partial charge in [-0.1, -0.05) is 26.7 Å². The normalized spacial score (nSPS) is 12.2. The van der Waals surface area contributed by atoms with Crippen LogP contribution in [-0.4, -0.2) is 0 Å². The van der Waals surface area contributed by atoms with Gasteiger partial charge in [0.15, 0.2) is 0 Å². The fourth-order valence-corrected chi connectivity index (χ4v) is 2.34. The Kier molecular flexibility index (Phi) is 7.24. The number of rotatable bonds is 5. The van der Waals surface area contributed by atoms with Gasteiger partial charge >= 0.3 is 0 Å². The molecule has 0 saturated carbocycles. The van der Waals surface area contributed by atoms with Gasteiger partial charge in [-0.2, -0.15) is 0 Å². The first-order chi connectivity index (χ1) is 6.27. The van der Waals surface area contributed by atoms with Gasteiger partial charge in [0.2, 0.25) is 0 Å². The number of aryl methyl sites for hydroxylation is 1. The van der Waals surface area contributed by atoms with E-state index in [2.05, 4.69) is 26.0 Å². The average Bonchev–Trinajstić information content (AvgIpc) is 2.62. The van der Waals surface area contributed by atoms with Crippen molar-refractivity contribution in [2.75, 3.05) is 0 Å². The second-order valence-electron chi connectivity index (χ2n) is 3.41. The highest BCUT2D eigenvalue weighted by Crippen LogP contribution is 2.25. The summed E-state index contributed by atoms with van der Waals surface area (Å²) in [5.41, 5.74) is 6.06. The van der Waals surface area contributed by atoms with E-state index in [0.717, 1.165) is 12.8 Å². The van der Waals surface area contributed by atoms with Crippen molar-refractivity contribution in [3.8, 4) is 0 Å². The summed E-state index contributed by atoms with van der Waals surface area (Å²) in [6.45, 7) is 4.39. The van der Waals surface area contributed by atoms with Crippen LogP contribution in [0.5, 0.6) is 0 Å². The molecule has 1 nitrogen and oxygen atoms in total. The van der Waals surface area contributed by atoms with Crippen molar-refractivity contribution in [2.24, 2.45) is 5.73 Å². The van der Waals surface area contributed by atoms with Crippen LogP contribution in [0.4, 0.5) is 0 Å². The molecule has 0 radical (unpaired) electrons. The Bertz CT molecular complexity index is 247. The minimum Gasteiger partial charge on any atom is -0.323 e. The molecule has 0 fully saturated rings. The minimum atomic E-state index is 0. The largest absolute Gasteiger partial charge is 0.323 e. The minimum absolute atomic E-state index is 0. The van der Waals surface area contributed by atoms with Crippen LogP contribution in [0.2, 0.25) is 0 Å². The van der Waals surface area contributed by atoms with Gasteiger partial charge in [0.25, 0.3) is 0 Å². The molecule has 0 saturated heterocycles. The molecule has 0 spiro atoms. The summed E-state index contributed by atoms with van der Waals surface area (Å²) < 4.78 is 0. The predicted molar refractivity (Wildman–Crippen MR) is 67.4 cm³/mol. The third kappa shape index (κ3) is 3.99. The van der Waals surface area contributed by atoms with E-state index in [1.165, 1.54) is 22.6 Å². The SMILES string of the molecule is CCCC[C@@H](N)c1ccc(CC)s1.Cl. The van der Waals surface area contributed by atoms with Crippen molar-refractivity contribution in [3.63, 3.8) is 0 Å². The van der Waals surface area contributed by atoms with Gasteiger partial charge < -0.3 is 5.73 Å². The quantitative estimate of drug-likeness (QED) is 0.820. The summed E-state index contributed by atoms with van der Waals surface area (Å²) in [5.74, 6) is 0. The molecule has 1 aromatic rings. The molecule has 0 aliphatic heterocycles. The summed E-state index contributed by atoms with van der Waals surface area (Å²) in [6.07, 6.45) is 4.73. The van der Waals surface area contributed by atoms with E-state index >= 15 is 0 Å². The van der Waals surface area contributed by atoms with Crippen molar-refractivity contribution < 1.29 is 0 Å². The molecule has 1 heterocycles. The smallest absolute Gasteiger partial charge is 0.0389 e. The second-order valence-corrected chi connectivity index (χ2v) is 4.61. The molecule has 1 aromatic heterocycles. The van der Waals surface area contributed by atoms with Crippen LogP contribution in [0.1, 0.15) is 48.9 Å². The Morgan fingerprint density at radius 2 is 2.07 bits per heavy atom. The highest BCUT2D eigenvalue weighted by Gasteiger charge is 2.07. The van der Waals surface area contributed by atoms with Crippen LogP contribution in [0, 0.1) is 0 Å². The number of halogens is 1. The summed E-state index contributed by atoms with van der Waals surface area (Å²) >= 11 is 1.87. The number of hydrogen-bond donors (Lipinski definition) is 1. The van der Waals surface area contributed by atoms with Crippen LogP contribution < -0.4 is 5.73 Å². The van der Waals surface area contributed by atoms with E-state index in [1.807, 2.05) is 11.3 Å². The lowest BCUT2D eigenvalue weighted by molar-refractivity contribution is 0.611. The van der Waals surface area contributed by atoms with Crippen molar-refractivity contribution in [3.05, 3.63) is 21.9 Å². The van der Waals surface area contributed by atoms with E-state index in [1.54, 1.807) is 0 Å². The van der Waals surface area contributed by atoms with E-state index in [0.29, 0.717) is 0 Å². The lowest BCUT2D eigenvalue weighted by Gasteiger charge is -2.07. The van der Waals surface area contributed by atoms with Crippen molar-refractivity contribution >= 4 is 23.7 Å². The van der Waals surface area contributed by atoms with Gasteiger partial charge in [-0.05, 0) is 25.0 Å². The zero-order valence-corrected chi connectivity index (χ0v) is 10.6. The molecule has 0 aliphatic carbocycles. The average molecular weight is 234 g/mol. The molecule has 0 aliphatic rings. The molecule has 1 atom stereocenters. The monoisotopic (exact) mass is 233 g/mol. The van der Waals surface area contributed by atoms with Crippen LogP contribution in [-0.2, 0) is 6.42 Å². The first-order valence-electron chi connectivity index (χ1n) is 5.12. The third-order valence-electron chi connectivity index (χ3n) is 2.27. The fourth-order valence-electron chi connectivity index (χ4n) is 1.35. The first-order valence-corrected chi connectivity index (χ1v) is 5.93. The molecule has 14 heavy (non-hydrogen) atoms. The molecular weight excluding hydrogens is 214 g/mol. The molecule has 0 aromatic carbocycles. The van der Waals surface area contributed by atoms with E-state index in [4.69, 9.17) is 5.73 Å². The van der Waals surface area contributed by atoms with Crippen LogP contribution in [0.25, 0.3) is 0 Å². The van der Waals surface area contributed by atoms with Gasteiger partial charge in [0.1, 0.15) is 0 Å². The van der Waals surface area contributed by atoms with Crippen LogP contribution in [0.3, 0.4) is 0 Å². The van der Waals surface area contributed by atoms with Crippen molar-refractivity contribution in [1.29, 1.82) is 0 Å². The zero-order chi connectivity index (χ0) is 9.68. The molecule has 0 bridgehead atoms. The number of hydrogen-bond acceptors (Lipinski definition) is 2. The lowest BCUT2D eigenvalue weighted by atomic mass is 10.1. The first kappa shape index (κ1) is 13.9. The zero-order valence-electron chi connectivity index (χ0n) is 8.95. The summed E-state index contributed by atoms with van der Waals surface area (Å²) in [5, 5.41) is 0. The highest BCUT2D eigenvalue weighted by molar-refractivity contribution is 7.12. The Hall–Kier alpha value is -0.0500. The van der Waals surface area contributed by atoms with Gasteiger partial charge in [0, 0.05) is 15.8 Å². The summed E-state index contributed by atoms with van der Waals surface area (Å²) in [4.78, 5) is 2.80. The van der Waals surface area contributed by atoms with Crippen LogP contribution >= 0.6 is 23.7 Å². The molecule has 3 heteroatoms. The van der Waals surface area contributed by atoms with Crippen LogP contribution in [0.15, 0.2) is 12.1 Å². The molecule has 2 N–H and O–H groups in total. The Balaban J connectivity index is 0.00000169. The molecule has 1 rings (SSSR count). The standard InChI is InChI=1S/C11H19NS.ClH/c1-3-5-6-10(12)11-8-7-9(4-2)13-11;/h7-8,10H,3-6,12H2,1-2H3;1H/t10-;/m1./s1. The fraction of sp³-hybridized carbons (Fsp3) is 0.636. The van der Waals surface area contributed by atoms with E-state index in [9.17, 15) is 0 Å². The molecular formula is C11H20ClNS. The van der Waals surface area contributed by atoms with Gasteiger partial charge in [0.05, 0.1) is 0 Å². The Morgan fingerprint density at radius 3 is 2.57 bits per heavy atom. The topological polar surface area (TPSA) is 26.0 Å². The maximum atomic E-state index is 6.06. The molecule has 82 valence electrons. The van der Waals surface area contributed by atoms with Gasteiger partial charge in [-0.3, -0.25) is 0 Å². The highest BCUT2D eigenvalue weighted by atomic mass is 35.5. The Labute approximate surface area is 97.1 Å². The number of nitrogens with two attached hydrogens (primary N) is 1. The number of thiophene rings is 1. The van der Waals surface area contributed by atoms with E-state index in [-0.39, 0.29) is 18.4 Å². The third-order valence-corrected chi connectivity index (χ3v) is 3.63. The van der Waals surface area contributed by atoms with Crippen molar-refractivity contribution in [1.82, 2.24) is 0 Å².